The third kappa shape index (κ3) is 3.30. The number of nitrogens with zero attached hydrogens (tertiary/aromatic N) is 4. The third-order valence-corrected chi connectivity index (χ3v) is 2.87. The van der Waals surface area contributed by atoms with Crippen LogP contribution in [0, 0.1) is 5.92 Å². The van der Waals surface area contributed by atoms with E-state index in [1.54, 1.807) is 0 Å². The lowest BCUT2D eigenvalue weighted by Crippen LogP contribution is -2.03. The minimum absolute atomic E-state index is 0.575. The fraction of sp³-hybridized carbons (Fsp3) is 0.500. The van der Waals surface area contributed by atoms with Crippen molar-refractivity contribution in [2.24, 2.45) is 5.92 Å². The van der Waals surface area contributed by atoms with Gasteiger partial charge >= 0.3 is 0 Å². The third-order valence-electron chi connectivity index (χ3n) is 2.87. The van der Waals surface area contributed by atoms with Gasteiger partial charge in [-0.3, -0.25) is 4.68 Å². The van der Waals surface area contributed by atoms with Crippen LogP contribution in [-0.4, -0.2) is 26.8 Å². The number of hydrogen-bond acceptors (Lipinski definition) is 4. The summed E-state index contributed by atoms with van der Waals surface area (Å²) in [6, 6.07) is 2.01. The molecule has 19 heavy (non-hydrogen) atoms. The molecule has 0 unspecified atom stereocenters. The Labute approximate surface area is 114 Å². The van der Waals surface area contributed by atoms with Gasteiger partial charge in [-0.1, -0.05) is 13.8 Å². The van der Waals surface area contributed by atoms with Gasteiger partial charge < -0.3 is 5.32 Å². The zero-order chi connectivity index (χ0) is 13.8. The van der Waals surface area contributed by atoms with Crippen LogP contribution in [0.1, 0.15) is 26.5 Å². The van der Waals surface area contributed by atoms with Gasteiger partial charge in [0.25, 0.3) is 0 Å². The molecule has 0 amide bonds. The second-order valence-corrected chi connectivity index (χ2v) is 5.00. The molecular weight excluding hydrogens is 238 g/mol. The minimum atomic E-state index is 0.575. The van der Waals surface area contributed by atoms with Crippen LogP contribution in [0.2, 0.25) is 0 Å². The molecule has 0 radical (unpaired) electrons. The van der Waals surface area contributed by atoms with E-state index >= 15 is 0 Å². The standard InChI is InChI=1S/C14H21N5/c1-5-19-9-11(8-16-19)14-17-12(6-10(2)3)7-13(15-4)18-14/h7-10H,5-6H2,1-4H3,(H,15,17,18). The highest BCUT2D eigenvalue weighted by atomic mass is 15.3. The molecule has 2 aromatic heterocycles. The number of anilines is 1. The Morgan fingerprint density at radius 2 is 2.11 bits per heavy atom. The van der Waals surface area contributed by atoms with Crippen molar-refractivity contribution in [1.29, 1.82) is 0 Å². The molecule has 102 valence electrons. The van der Waals surface area contributed by atoms with Crippen LogP contribution in [0.15, 0.2) is 18.5 Å². The van der Waals surface area contributed by atoms with Crippen LogP contribution < -0.4 is 5.32 Å². The van der Waals surface area contributed by atoms with E-state index in [0.29, 0.717) is 5.92 Å². The zero-order valence-corrected chi connectivity index (χ0v) is 12.0. The molecule has 5 nitrogen and oxygen atoms in total. The van der Waals surface area contributed by atoms with Crippen molar-refractivity contribution in [3.63, 3.8) is 0 Å². The lowest BCUT2D eigenvalue weighted by Gasteiger charge is -2.08. The Morgan fingerprint density at radius 1 is 1.32 bits per heavy atom. The van der Waals surface area contributed by atoms with E-state index in [2.05, 4.69) is 41.2 Å². The molecule has 0 aliphatic carbocycles. The minimum Gasteiger partial charge on any atom is -0.373 e. The fourth-order valence-corrected chi connectivity index (χ4v) is 1.93. The average molecular weight is 259 g/mol. The molecule has 2 heterocycles. The molecule has 0 aliphatic heterocycles. The van der Waals surface area contributed by atoms with E-state index in [1.807, 2.05) is 30.2 Å². The molecular formula is C14H21N5. The van der Waals surface area contributed by atoms with Gasteiger partial charge in [0.15, 0.2) is 5.82 Å². The maximum atomic E-state index is 4.63. The van der Waals surface area contributed by atoms with E-state index in [0.717, 1.165) is 35.9 Å². The number of aryl methyl sites for hydroxylation is 1. The van der Waals surface area contributed by atoms with E-state index in [-0.39, 0.29) is 0 Å². The van der Waals surface area contributed by atoms with Crippen molar-refractivity contribution in [2.45, 2.75) is 33.7 Å². The van der Waals surface area contributed by atoms with E-state index in [9.17, 15) is 0 Å². The molecule has 2 rings (SSSR count). The maximum Gasteiger partial charge on any atom is 0.164 e. The maximum absolute atomic E-state index is 4.63. The summed E-state index contributed by atoms with van der Waals surface area (Å²) in [7, 11) is 1.88. The topological polar surface area (TPSA) is 55.6 Å². The Morgan fingerprint density at radius 3 is 2.68 bits per heavy atom. The highest BCUT2D eigenvalue weighted by Gasteiger charge is 2.09. The van der Waals surface area contributed by atoms with Crippen molar-refractivity contribution < 1.29 is 0 Å². The van der Waals surface area contributed by atoms with E-state index in [1.165, 1.54) is 0 Å². The first-order valence-corrected chi connectivity index (χ1v) is 6.71. The van der Waals surface area contributed by atoms with Gasteiger partial charge in [-0.15, -0.1) is 0 Å². The van der Waals surface area contributed by atoms with Crippen molar-refractivity contribution in [3.8, 4) is 11.4 Å². The first-order valence-electron chi connectivity index (χ1n) is 6.71. The van der Waals surface area contributed by atoms with Crippen LogP contribution in [0.3, 0.4) is 0 Å². The Bertz CT molecular complexity index is 545. The second-order valence-electron chi connectivity index (χ2n) is 5.00. The molecule has 0 bridgehead atoms. The summed E-state index contributed by atoms with van der Waals surface area (Å²) < 4.78 is 1.88. The summed E-state index contributed by atoms with van der Waals surface area (Å²) in [5.74, 6) is 2.16. The highest BCUT2D eigenvalue weighted by Crippen LogP contribution is 2.18. The van der Waals surface area contributed by atoms with Crippen molar-refractivity contribution >= 4 is 5.82 Å². The Hall–Kier alpha value is -1.91. The van der Waals surface area contributed by atoms with Crippen LogP contribution in [0.5, 0.6) is 0 Å². The van der Waals surface area contributed by atoms with Gasteiger partial charge in [0.1, 0.15) is 5.82 Å². The van der Waals surface area contributed by atoms with Crippen LogP contribution in [0.4, 0.5) is 5.82 Å². The Balaban J connectivity index is 2.38. The highest BCUT2D eigenvalue weighted by molar-refractivity contribution is 5.55. The second kappa shape index (κ2) is 5.82. The van der Waals surface area contributed by atoms with Crippen LogP contribution in [0.25, 0.3) is 11.4 Å². The number of nitrogens with one attached hydrogen (secondary N) is 1. The first kappa shape index (κ1) is 13.5. The van der Waals surface area contributed by atoms with Gasteiger partial charge in [-0.05, 0) is 19.3 Å². The molecule has 0 saturated heterocycles. The van der Waals surface area contributed by atoms with Gasteiger partial charge in [0.05, 0.1) is 11.8 Å². The smallest absolute Gasteiger partial charge is 0.164 e. The fourth-order valence-electron chi connectivity index (χ4n) is 1.93. The molecule has 0 aliphatic rings. The van der Waals surface area contributed by atoms with Gasteiger partial charge in [0, 0.05) is 31.5 Å². The largest absolute Gasteiger partial charge is 0.373 e. The summed E-state index contributed by atoms with van der Waals surface area (Å²) in [5, 5.41) is 7.37. The van der Waals surface area contributed by atoms with Crippen molar-refractivity contribution in [2.75, 3.05) is 12.4 Å². The summed E-state index contributed by atoms with van der Waals surface area (Å²) in [6.45, 7) is 7.29. The summed E-state index contributed by atoms with van der Waals surface area (Å²) in [4.78, 5) is 9.14. The van der Waals surface area contributed by atoms with E-state index < -0.39 is 0 Å². The zero-order valence-electron chi connectivity index (χ0n) is 12.0. The van der Waals surface area contributed by atoms with Crippen molar-refractivity contribution in [3.05, 3.63) is 24.2 Å². The first-order chi connectivity index (χ1) is 9.12. The Kier molecular flexibility index (Phi) is 4.14. The van der Waals surface area contributed by atoms with Crippen molar-refractivity contribution in [1.82, 2.24) is 19.7 Å². The van der Waals surface area contributed by atoms with E-state index in [4.69, 9.17) is 0 Å². The predicted octanol–water partition coefficient (Wildman–Crippen LogP) is 2.60. The van der Waals surface area contributed by atoms with Gasteiger partial charge in [-0.2, -0.15) is 5.10 Å². The lowest BCUT2D eigenvalue weighted by molar-refractivity contribution is 0.635. The molecule has 0 atom stereocenters. The lowest BCUT2D eigenvalue weighted by atomic mass is 10.1. The number of aromatic nitrogens is 4. The summed E-state index contributed by atoms with van der Waals surface area (Å²) in [5.41, 5.74) is 2.03. The molecule has 0 aromatic carbocycles. The number of hydrogen-bond donors (Lipinski definition) is 1. The predicted molar refractivity (Wildman–Crippen MR) is 77.0 cm³/mol. The average Bonchev–Trinajstić information content (AvgIpc) is 2.86. The summed E-state index contributed by atoms with van der Waals surface area (Å²) in [6.07, 6.45) is 4.75. The molecule has 0 spiro atoms. The SMILES string of the molecule is CCn1cc(-c2nc(CC(C)C)cc(NC)n2)cn1. The molecule has 2 aromatic rings. The summed E-state index contributed by atoms with van der Waals surface area (Å²) >= 11 is 0. The molecule has 0 saturated carbocycles. The van der Waals surface area contributed by atoms with Gasteiger partial charge in [-0.25, -0.2) is 9.97 Å². The monoisotopic (exact) mass is 259 g/mol. The van der Waals surface area contributed by atoms with Crippen LogP contribution >= 0.6 is 0 Å². The molecule has 5 heteroatoms. The molecule has 1 N–H and O–H groups in total. The number of rotatable bonds is 5. The normalized spacial score (nSPS) is 11.0. The molecule has 0 fully saturated rings. The quantitative estimate of drug-likeness (QED) is 0.896. The van der Waals surface area contributed by atoms with Gasteiger partial charge in [0.2, 0.25) is 0 Å². The van der Waals surface area contributed by atoms with Crippen LogP contribution in [-0.2, 0) is 13.0 Å².